The van der Waals surface area contributed by atoms with Crippen LogP contribution < -0.4 is 5.56 Å². The number of imidazole rings is 1. The van der Waals surface area contributed by atoms with Crippen LogP contribution in [0.3, 0.4) is 0 Å². The van der Waals surface area contributed by atoms with Gasteiger partial charge in [-0.1, -0.05) is 24.6 Å². The minimum atomic E-state index is -0.0143. The summed E-state index contributed by atoms with van der Waals surface area (Å²) in [6, 6.07) is 8.15. The molecule has 6 heteroatoms. The van der Waals surface area contributed by atoms with Gasteiger partial charge in [-0.2, -0.15) is 0 Å². The molecule has 0 amide bonds. The van der Waals surface area contributed by atoms with Crippen molar-refractivity contribution in [3.8, 4) is 5.69 Å². The summed E-state index contributed by atoms with van der Waals surface area (Å²) in [5.41, 5.74) is 3.33. The van der Waals surface area contributed by atoms with Crippen molar-refractivity contribution in [2.75, 3.05) is 0 Å². The van der Waals surface area contributed by atoms with Gasteiger partial charge in [-0.05, 0) is 55.0 Å². The predicted molar refractivity (Wildman–Crippen MR) is 114 cm³/mol. The normalized spacial score (nSPS) is 14.4. The van der Waals surface area contributed by atoms with Crippen LogP contribution in [0.2, 0.25) is 0 Å². The van der Waals surface area contributed by atoms with Crippen molar-refractivity contribution in [2.24, 2.45) is 0 Å². The van der Waals surface area contributed by atoms with Crippen LogP contribution in [0.25, 0.3) is 28.1 Å². The number of aromatic nitrogens is 4. The summed E-state index contributed by atoms with van der Waals surface area (Å²) in [6.45, 7) is 0. The van der Waals surface area contributed by atoms with Crippen molar-refractivity contribution < 1.29 is 0 Å². The van der Waals surface area contributed by atoms with Gasteiger partial charge < -0.3 is 9.55 Å². The van der Waals surface area contributed by atoms with Gasteiger partial charge in [-0.15, -0.1) is 11.3 Å². The van der Waals surface area contributed by atoms with E-state index in [-0.39, 0.29) is 5.56 Å². The quantitative estimate of drug-likeness (QED) is 0.521. The van der Waals surface area contributed by atoms with Gasteiger partial charge in [0.25, 0.3) is 5.56 Å². The second kappa shape index (κ2) is 7.20. The molecular weight excluding hydrogens is 368 g/mol. The average Bonchev–Trinajstić information content (AvgIpc) is 3.30. The number of hydrogen-bond donors (Lipinski definition) is 1. The molecule has 1 aliphatic rings. The van der Waals surface area contributed by atoms with E-state index in [1.165, 1.54) is 23.3 Å². The van der Waals surface area contributed by atoms with Gasteiger partial charge in [-0.25, -0.2) is 9.97 Å². The Bertz CT molecular complexity index is 1200. The Morgan fingerprint density at radius 1 is 1.07 bits per heavy atom. The lowest BCUT2D eigenvalue weighted by Crippen LogP contribution is -2.10. The topological polar surface area (TPSA) is 63.6 Å². The first-order valence-corrected chi connectivity index (χ1v) is 10.4. The first-order valence-electron chi connectivity index (χ1n) is 9.59. The molecule has 28 heavy (non-hydrogen) atoms. The van der Waals surface area contributed by atoms with E-state index >= 15 is 0 Å². The average molecular weight is 388 g/mol. The van der Waals surface area contributed by atoms with E-state index in [4.69, 9.17) is 4.98 Å². The molecule has 5 rings (SSSR count). The number of aryl methyl sites for hydroxylation is 2. The number of hydrogen-bond acceptors (Lipinski definition) is 4. The van der Waals surface area contributed by atoms with Crippen LogP contribution in [0.4, 0.5) is 0 Å². The maximum absolute atomic E-state index is 12.7. The van der Waals surface area contributed by atoms with Crippen LogP contribution in [-0.2, 0) is 12.8 Å². The van der Waals surface area contributed by atoms with Gasteiger partial charge in [0, 0.05) is 23.0 Å². The molecule has 1 N–H and O–H groups in total. The van der Waals surface area contributed by atoms with Crippen LogP contribution >= 0.6 is 11.3 Å². The Kier molecular flexibility index (Phi) is 4.41. The van der Waals surface area contributed by atoms with E-state index in [1.54, 1.807) is 23.9 Å². The highest BCUT2D eigenvalue weighted by atomic mass is 32.1. The highest BCUT2D eigenvalue weighted by Gasteiger charge is 2.18. The molecule has 0 atom stereocenters. The largest absolute Gasteiger partial charge is 0.306 e. The highest BCUT2D eigenvalue weighted by Crippen LogP contribution is 2.32. The van der Waals surface area contributed by atoms with E-state index in [2.05, 4.69) is 9.97 Å². The summed E-state index contributed by atoms with van der Waals surface area (Å²) < 4.78 is 1.96. The Hall–Kier alpha value is -2.99. The van der Waals surface area contributed by atoms with Crippen molar-refractivity contribution in [3.05, 3.63) is 75.2 Å². The smallest absolute Gasteiger partial charge is 0.260 e. The fourth-order valence-corrected chi connectivity index (χ4v) is 5.05. The van der Waals surface area contributed by atoms with Gasteiger partial charge >= 0.3 is 0 Å². The molecule has 5 nitrogen and oxygen atoms in total. The zero-order chi connectivity index (χ0) is 18.9. The second-order valence-corrected chi connectivity index (χ2v) is 8.17. The van der Waals surface area contributed by atoms with Gasteiger partial charge in [-0.3, -0.25) is 4.79 Å². The minimum Gasteiger partial charge on any atom is -0.306 e. The monoisotopic (exact) mass is 388 g/mol. The maximum Gasteiger partial charge on any atom is 0.260 e. The van der Waals surface area contributed by atoms with E-state index in [0.29, 0.717) is 5.82 Å². The molecule has 0 aliphatic heterocycles. The number of benzene rings is 1. The molecule has 140 valence electrons. The summed E-state index contributed by atoms with van der Waals surface area (Å²) in [5.74, 6) is 0.604. The zero-order valence-electron chi connectivity index (χ0n) is 15.4. The van der Waals surface area contributed by atoms with Gasteiger partial charge in [0.1, 0.15) is 10.7 Å². The van der Waals surface area contributed by atoms with Gasteiger partial charge in [0.15, 0.2) is 0 Å². The highest BCUT2D eigenvalue weighted by molar-refractivity contribution is 7.18. The molecule has 0 saturated heterocycles. The van der Waals surface area contributed by atoms with Crippen molar-refractivity contribution in [1.29, 1.82) is 0 Å². The molecule has 1 aliphatic carbocycles. The lowest BCUT2D eigenvalue weighted by atomic mass is 10.1. The zero-order valence-corrected chi connectivity index (χ0v) is 16.2. The SMILES string of the molecule is O=c1[nH]c(/C=C/c2ccc(-n3ccnc3)cc2)nc2sc3c(c12)CCCCC3. The Morgan fingerprint density at radius 3 is 2.75 bits per heavy atom. The first kappa shape index (κ1) is 17.1. The van der Waals surface area contributed by atoms with E-state index < -0.39 is 0 Å². The summed E-state index contributed by atoms with van der Waals surface area (Å²) in [7, 11) is 0. The summed E-state index contributed by atoms with van der Waals surface area (Å²) >= 11 is 1.69. The number of nitrogens with one attached hydrogen (secondary N) is 1. The van der Waals surface area contributed by atoms with E-state index in [1.807, 2.05) is 47.2 Å². The number of nitrogens with zero attached hydrogens (tertiary/aromatic N) is 3. The molecule has 4 aromatic rings. The van der Waals surface area contributed by atoms with Gasteiger partial charge in [0.05, 0.1) is 11.7 Å². The molecular formula is C22H20N4OS. The molecule has 0 saturated carbocycles. The molecule has 3 aromatic heterocycles. The summed E-state index contributed by atoms with van der Waals surface area (Å²) in [4.78, 5) is 26.6. The van der Waals surface area contributed by atoms with Crippen LogP contribution in [0.15, 0.2) is 47.8 Å². The molecule has 3 heterocycles. The lowest BCUT2D eigenvalue weighted by molar-refractivity contribution is 0.713. The molecule has 1 aromatic carbocycles. The predicted octanol–water partition coefficient (Wildman–Crippen LogP) is 4.61. The molecule has 0 bridgehead atoms. The van der Waals surface area contributed by atoms with Crippen LogP contribution in [0.1, 0.15) is 41.1 Å². The molecule has 0 unspecified atom stereocenters. The number of fused-ring (bicyclic) bond motifs is 3. The third-order valence-corrected chi connectivity index (χ3v) is 6.41. The molecule has 0 fully saturated rings. The molecule has 0 spiro atoms. The fraction of sp³-hybridized carbons (Fsp3) is 0.227. The third kappa shape index (κ3) is 3.20. The molecule has 0 radical (unpaired) electrons. The number of thiophene rings is 1. The first-order chi connectivity index (χ1) is 13.8. The van der Waals surface area contributed by atoms with Crippen LogP contribution in [0, 0.1) is 0 Å². The van der Waals surface area contributed by atoms with Crippen LogP contribution in [0.5, 0.6) is 0 Å². The Balaban J connectivity index is 1.44. The Labute approximate surface area is 166 Å². The van der Waals surface area contributed by atoms with Crippen molar-refractivity contribution in [2.45, 2.75) is 32.1 Å². The van der Waals surface area contributed by atoms with Crippen molar-refractivity contribution in [3.63, 3.8) is 0 Å². The van der Waals surface area contributed by atoms with Crippen molar-refractivity contribution in [1.82, 2.24) is 19.5 Å². The van der Waals surface area contributed by atoms with E-state index in [9.17, 15) is 4.79 Å². The minimum absolute atomic E-state index is 0.0143. The second-order valence-electron chi connectivity index (χ2n) is 7.09. The summed E-state index contributed by atoms with van der Waals surface area (Å²) in [5, 5.41) is 0.809. The fourth-order valence-electron chi connectivity index (χ4n) is 3.78. The number of H-pyrrole nitrogens is 1. The third-order valence-electron chi connectivity index (χ3n) is 5.22. The number of rotatable bonds is 3. The van der Waals surface area contributed by atoms with E-state index in [0.717, 1.165) is 40.7 Å². The maximum atomic E-state index is 12.7. The Morgan fingerprint density at radius 2 is 1.93 bits per heavy atom. The number of aromatic amines is 1. The standard InChI is InChI=1S/C22H20N4OS/c27-21-20-17-4-2-1-3-5-18(17)28-22(20)25-19(24-21)11-8-15-6-9-16(10-7-15)26-13-12-23-14-26/h6-14H,1-5H2,(H,24,25,27)/b11-8+. The van der Waals surface area contributed by atoms with Crippen LogP contribution in [-0.4, -0.2) is 19.5 Å². The van der Waals surface area contributed by atoms with Crippen molar-refractivity contribution >= 4 is 33.7 Å². The summed E-state index contributed by atoms with van der Waals surface area (Å²) in [6.07, 6.45) is 15.0. The lowest BCUT2D eigenvalue weighted by Gasteiger charge is -2.02. The van der Waals surface area contributed by atoms with Gasteiger partial charge in [0.2, 0.25) is 0 Å².